The van der Waals surface area contributed by atoms with E-state index in [0.717, 1.165) is 11.3 Å². The van der Waals surface area contributed by atoms with Crippen molar-refractivity contribution >= 4 is 23.2 Å². The molecule has 1 amide bonds. The largest absolute Gasteiger partial charge is 0.326 e. The van der Waals surface area contributed by atoms with Gasteiger partial charge in [0.05, 0.1) is 0 Å². The van der Waals surface area contributed by atoms with Gasteiger partial charge in [-0.15, -0.1) is 11.6 Å². The molecule has 15 heavy (non-hydrogen) atoms. The molecular formula is C12H12ClNO. The molecule has 0 aliphatic heterocycles. The van der Waals surface area contributed by atoms with Crippen molar-refractivity contribution in [2.75, 3.05) is 11.2 Å². The van der Waals surface area contributed by atoms with Crippen molar-refractivity contribution in [1.82, 2.24) is 0 Å². The van der Waals surface area contributed by atoms with Gasteiger partial charge in [0.2, 0.25) is 5.91 Å². The second kappa shape index (κ2) is 6.10. The summed E-state index contributed by atoms with van der Waals surface area (Å²) in [7, 11) is 0. The summed E-state index contributed by atoms with van der Waals surface area (Å²) in [5, 5.41) is 2.70. The third-order valence-corrected chi connectivity index (χ3v) is 1.82. The first-order valence-corrected chi connectivity index (χ1v) is 5.18. The predicted octanol–water partition coefficient (Wildman–Crippen LogP) is 2.63. The molecule has 1 rings (SSSR count). The summed E-state index contributed by atoms with van der Waals surface area (Å²) in [5.41, 5.74) is 1.64. The van der Waals surface area contributed by atoms with Crippen molar-refractivity contribution in [3.05, 3.63) is 29.8 Å². The van der Waals surface area contributed by atoms with E-state index in [9.17, 15) is 4.79 Å². The molecule has 0 radical (unpaired) electrons. The Balaban J connectivity index is 2.75. The summed E-state index contributed by atoms with van der Waals surface area (Å²) in [6, 6.07) is 7.42. The zero-order valence-corrected chi connectivity index (χ0v) is 9.27. The number of benzene rings is 1. The summed E-state index contributed by atoms with van der Waals surface area (Å²) in [4.78, 5) is 10.8. The fraction of sp³-hybridized carbons (Fsp3) is 0.250. The van der Waals surface area contributed by atoms with Crippen molar-refractivity contribution < 1.29 is 4.79 Å². The number of rotatable bonds is 2. The Bertz CT molecular complexity index is 404. The molecule has 0 saturated heterocycles. The van der Waals surface area contributed by atoms with Gasteiger partial charge in [-0.3, -0.25) is 4.79 Å². The number of alkyl halides is 1. The first-order chi connectivity index (χ1) is 7.22. The van der Waals surface area contributed by atoms with Crippen LogP contribution in [-0.4, -0.2) is 11.8 Å². The topological polar surface area (TPSA) is 29.1 Å². The van der Waals surface area contributed by atoms with E-state index in [1.807, 2.05) is 24.3 Å². The minimum atomic E-state index is -0.0825. The molecule has 2 nitrogen and oxygen atoms in total. The van der Waals surface area contributed by atoms with Gasteiger partial charge in [-0.1, -0.05) is 17.9 Å². The van der Waals surface area contributed by atoms with Gasteiger partial charge >= 0.3 is 0 Å². The highest BCUT2D eigenvalue weighted by molar-refractivity contribution is 6.18. The van der Waals surface area contributed by atoms with Crippen molar-refractivity contribution in [1.29, 1.82) is 0 Å². The van der Waals surface area contributed by atoms with Crippen LogP contribution in [0.2, 0.25) is 0 Å². The quantitative estimate of drug-likeness (QED) is 0.604. The van der Waals surface area contributed by atoms with Crippen LogP contribution < -0.4 is 5.32 Å². The number of hydrogen-bond donors (Lipinski definition) is 1. The average molecular weight is 222 g/mol. The monoisotopic (exact) mass is 221 g/mol. The van der Waals surface area contributed by atoms with E-state index in [2.05, 4.69) is 17.2 Å². The SMILES string of the molecule is CC(=O)Nc1cccc(C#CCCCl)c1. The Morgan fingerprint density at radius 3 is 3.00 bits per heavy atom. The molecule has 1 N–H and O–H groups in total. The standard InChI is InChI=1S/C12H12ClNO/c1-10(15)14-12-7-4-6-11(9-12)5-2-3-8-13/h4,6-7,9H,3,8H2,1H3,(H,14,15). The number of hydrogen-bond acceptors (Lipinski definition) is 1. The zero-order valence-electron chi connectivity index (χ0n) is 8.51. The summed E-state index contributed by atoms with van der Waals surface area (Å²) < 4.78 is 0. The molecule has 0 heterocycles. The smallest absolute Gasteiger partial charge is 0.221 e. The summed E-state index contributed by atoms with van der Waals surface area (Å²) >= 11 is 5.51. The second-order valence-electron chi connectivity index (χ2n) is 3.00. The normalized spacial score (nSPS) is 8.93. The van der Waals surface area contributed by atoms with Gasteiger partial charge in [-0.25, -0.2) is 0 Å². The molecular weight excluding hydrogens is 210 g/mol. The molecule has 3 heteroatoms. The summed E-state index contributed by atoms with van der Waals surface area (Å²) in [6.45, 7) is 1.48. The minimum absolute atomic E-state index is 0.0825. The number of amides is 1. The van der Waals surface area contributed by atoms with Crippen LogP contribution in [0.5, 0.6) is 0 Å². The van der Waals surface area contributed by atoms with Crippen molar-refractivity contribution in [2.24, 2.45) is 0 Å². The maximum atomic E-state index is 10.8. The van der Waals surface area contributed by atoms with Crippen molar-refractivity contribution in [2.45, 2.75) is 13.3 Å². The molecule has 0 spiro atoms. The number of carbonyl (C=O) groups is 1. The van der Waals surface area contributed by atoms with Crippen LogP contribution in [-0.2, 0) is 4.79 Å². The van der Waals surface area contributed by atoms with Crippen molar-refractivity contribution in [3.8, 4) is 11.8 Å². The molecule has 0 aliphatic carbocycles. The third-order valence-electron chi connectivity index (χ3n) is 1.64. The maximum Gasteiger partial charge on any atom is 0.221 e. The fourth-order valence-corrected chi connectivity index (χ4v) is 1.18. The molecule has 0 saturated carbocycles. The molecule has 0 aromatic heterocycles. The van der Waals surface area contributed by atoms with E-state index in [4.69, 9.17) is 11.6 Å². The van der Waals surface area contributed by atoms with Gasteiger partial charge in [0.1, 0.15) is 0 Å². The van der Waals surface area contributed by atoms with Crippen LogP contribution in [0.3, 0.4) is 0 Å². The molecule has 1 aromatic rings. The number of anilines is 1. The van der Waals surface area contributed by atoms with Crippen molar-refractivity contribution in [3.63, 3.8) is 0 Å². The highest BCUT2D eigenvalue weighted by Gasteiger charge is 1.94. The summed E-state index contributed by atoms with van der Waals surface area (Å²) in [6.07, 6.45) is 0.673. The Kier molecular flexibility index (Phi) is 4.73. The Morgan fingerprint density at radius 1 is 1.53 bits per heavy atom. The zero-order chi connectivity index (χ0) is 11.1. The van der Waals surface area contributed by atoms with E-state index >= 15 is 0 Å². The number of nitrogens with one attached hydrogen (secondary N) is 1. The van der Waals surface area contributed by atoms with Gasteiger partial charge in [-0.2, -0.15) is 0 Å². The number of carbonyl (C=O) groups excluding carboxylic acids is 1. The maximum absolute atomic E-state index is 10.8. The lowest BCUT2D eigenvalue weighted by Crippen LogP contribution is -2.05. The minimum Gasteiger partial charge on any atom is -0.326 e. The predicted molar refractivity (Wildman–Crippen MR) is 63.0 cm³/mol. The molecule has 0 aliphatic rings. The van der Waals surface area contributed by atoms with Crippen LogP contribution in [0, 0.1) is 11.8 Å². The molecule has 78 valence electrons. The Labute approximate surface area is 94.6 Å². The van der Waals surface area contributed by atoms with Crippen LogP contribution in [0.25, 0.3) is 0 Å². The van der Waals surface area contributed by atoms with E-state index in [-0.39, 0.29) is 5.91 Å². The highest BCUT2D eigenvalue weighted by atomic mass is 35.5. The fourth-order valence-electron chi connectivity index (χ4n) is 1.09. The Morgan fingerprint density at radius 2 is 2.33 bits per heavy atom. The van der Waals surface area contributed by atoms with Crippen LogP contribution in [0.15, 0.2) is 24.3 Å². The number of halogens is 1. The lowest BCUT2D eigenvalue weighted by molar-refractivity contribution is -0.114. The molecule has 1 aromatic carbocycles. The molecule has 0 atom stereocenters. The van der Waals surface area contributed by atoms with Crippen LogP contribution in [0.4, 0.5) is 5.69 Å². The van der Waals surface area contributed by atoms with Gasteiger partial charge in [-0.05, 0) is 18.2 Å². The second-order valence-corrected chi connectivity index (χ2v) is 3.38. The van der Waals surface area contributed by atoms with Gasteiger partial charge < -0.3 is 5.32 Å². The van der Waals surface area contributed by atoms with Gasteiger partial charge in [0, 0.05) is 30.5 Å². The molecule has 0 fully saturated rings. The van der Waals surface area contributed by atoms with Crippen LogP contribution in [0.1, 0.15) is 18.9 Å². The van der Waals surface area contributed by atoms with E-state index in [1.165, 1.54) is 6.92 Å². The lowest BCUT2D eigenvalue weighted by Gasteiger charge is -2.01. The first kappa shape index (κ1) is 11.6. The van der Waals surface area contributed by atoms with Gasteiger partial charge in [0.15, 0.2) is 0 Å². The van der Waals surface area contributed by atoms with E-state index < -0.39 is 0 Å². The average Bonchev–Trinajstić information content (AvgIpc) is 2.18. The van der Waals surface area contributed by atoms with Crippen LogP contribution >= 0.6 is 11.6 Å². The first-order valence-electron chi connectivity index (χ1n) is 4.65. The summed E-state index contributed by atoms with van der Waals surface area (Å²) in [5.74, 6) is 6.37. The van der Waals surface area contributed by atoms with E-state index in [0.29, 0.717) is 12.3 Å². The molecule has 0 unspecified atom stereocenters. The van der Waals surface area contributed by atoms with Gasteiger partial charge in [0.25, 0.3) is 0 Å². The van der Waals surface area contributed by atoms with E-state index in [1.54, 1.807) is 0 Å². The third kappa shape index (κ3) is 4.53. The Hall–Kier alpha value is -1.46. The molecule has 0 bridgehead atoms. The lowest BCUT2D eigenvalue weighted by atomic mass is 10.2. The highest BCUT2D eigenvalue weighted by Crippen LogP contribution is 2.09.